The minimum absolute atomic E-state index is 0.337. The maximum Gasteiger partial charge on any atom is 0.306 e. The molecular weight excluding hydrogens is 224 g/mol. The Labute approximate surface area is 98.6 Å². The molecule has 0 bridgehead atoms. The van der Waals surface area contributed by atoms with E-state index in [1.165, 1.54) is 7.11 Å². The van der Waals surface area contributed by atoms with Crippen LogP contribution < -0.4 is 9.47 Å². The van der Waals surface area contributed by atoms with Crippen molar-refractivity contribution in [2.45, 2.75) is 18.9 Å². The highest BCUT2D eigenvalue weighted by molar-refractivity contribution is 5.68. The molecule has 17 heavy (non-hydrogen) atoms. The second-order valence-electron chi connectivity index (χ2n) is 3.88. The largest absolute Gasteiger partial charge is 0.496 e. The lowest BCUT2D eigenvalue weighted by molar-refractivity contribution is -0.139. The molecule has 2 rings (SSSR count). The highest BCUT2D eigenvalue weighted by Crippen LogP contribution is 2.39. The number of fused-ring (bicyclic) bond motifs is 1. The minimum Gasteiger partial charge on any atom is -0.496 e. The number of hydrogen-bond acceptors (Lipinski definition) is 4. The van der Waals surface area contributed by atoms with Crippen molar-refractivity contribution in [3.8, 4) is 11.5 Å². The molecule has 0 amide bonds. The lowest BCUT2D eigenvalue weighted by Gasteiger charge is -2.15. The van der Waals surface area contributed by atoms with E-state index in [-0.39, 0.29) is 6.42 Å². The Bertz CT molecular complexity index is 441. The summed E-state index contributed by atoms with van der Waals surface area (Å²) in [7, 11) is 1.50. The molecule has 1 aromatic rings. The summed E-state index contributed by atoms with van der Waals surface area (Å²) >= 11 is 0. The summed E-state index contributed by atoms with van der Waals surface area (Å²) in [5.74, 6) is 0.234. The third-order valence-electron chi connectivity index (χ3n) is 2.79. The first-order valence-corrected chi connectivity index (χ1v) is 5.36. The predicted molar refractivity (Wildman–Crippen MR) is 59.4 cm³/mol. The van der Waals surface area contributed by atoms with E-state index in [1.807, 2.05) is 0 Å². The first-order valence-electron chi connectivity index (χ1n) is 5.36. The van der Waals surface area contributed by atoms with Crippen LogP contribution in [0.2, 0.25) is 0 Å². The molecule has 0 saturated heterocycles. The van der Waals surface area contributed by atoms with Crippen molar-refractivity contribution in [1.29, 1.82) is 0 Å². The summed E-state index contributed by atoms with van der Waals surface area (Å²) in [6, 6.07) is 3.39. The van der Waals surface area contributed by atoms with E-state index in [0.29, 0.717) is 24.3 Å². The fourth-order valence-electron chi connectivity index (χ4n) is 2.04. The molecule has 1 atom stereocenters. The SMILES string of the molecule is COc1c(C(O)CC(=O)O)ccc2c1CCO2. The molecule has 5 heteroatoms. The van der Waals surface area contributed by atoms with Crippen LogP contribution in [0.25, 0.3) is 0 Å². The number of carboxylic acid groups (broad SMARTS) is 1. The molecule has 0 fully saturated rings. The molecule has 0 aromatic heterocycles. The average molecular weight is 238 g/mol. The number of aliphatic hydroxyl groups is 1. The van der Waals surface area contributed by atoms with E-state index in [4.69, 9.17) is 14.6 Å². The van der Waals surface area contributed by atoms with E-state index >= 15 is 0 Å². The molecule has 5 nitrogen and oxygen atoms in total. The standard InChI is InChI=1S/C12H14O5/c1-16-12-7(9(13)6-11(14)15)2-3-10-8(12)4-5-17-10/h2-3,9,13H,4-6H2,1H3,(H,14,15). The third kappa shape index (κ3) is 2.19. The van der Waals surface area contributed by atoms with Crippen molar-refractivity contribution in [1.82, 2.24) is 0 Å². The van der Waals surface area contributed by atoms with Crippen LogP contribution in [0, 0.1) is 0 Å². The van der Waals surface area contributed by atoms with Crippen molar-refractivity contribution in [3.05, 3.63) is 23.3 Å². The van der Waals surface area contributed by atoms with Gasteiger partial charge in [0.05, 0.1) is 26.2 Å². The van der Waals surface area contributed by atoms with E-state index in [2.05, 4.69) is 0 Å². The number of ether oxygens (including phenoxy) is 2. The Balaban J connectivity index is 2.37. The number of hydrogen-bond donors (Lipinski definition) is 2. The zero-order valence-corrected chi connectivity index (χ0v) is 9.47. The van der Waals surface area contributed by atoms with Gasteiger partial charge in [-0.05, 0) is 12.1 Å². The average Bonchev–Trinajstić information content (AvgIpc) is 2.74. The Kier molecular flexibility index (Phi) is 3.19. The molecule has 1 aromatic carbocycles. The van der Waals surface area contributed by atoms with E-state index in [0.717, 1.165) is 11.3 Å². The van der Waals surface area contributed by atoms with Crippen LogP contribution in [0.1, 0.15) is 23.7 Å². The van der Waals surface area contributed by atoms with Crippen LogP contribution in [0.3, 0.4) is 0 Å². The Hall–Kier alpha value is -1.75. The molecule has 1 aliphatic rings. The van der Waals surface area contributed by atoms with E-state index < -0.39 is 12.1 Å². The maximum absolute atomic E-state index is 10.6. The topological polar surface area (TPSA) is 76.0 Å². The molecule has 0 radical (unpaired) electrons. The van der Waals surface area contributed by atoms with Crippen LogP contribution in [-0.4, -0.2) is 29.9 Å². The van der Waals surface area contributed by atoms with Crippen molar-refractivity contribution < 1.29 is 24.5 Å². The monoisotopic (exact) mass is 238 g/mol. The minimum atomic E-state index is -1.06. The van der Waals surface area contributed by atoms with Gasteiger partial charge in [-0.1, -0.05) is 0 Å². The third-order valence-corrected chi connectivity index (χ3v) is 2.79. The Morgan fingerprint density at radius 2 is 2.35 bits per heavy atom. The number of carboxylic acids is 1. The van der Waals surface area contributed by atoms with Gasteiger partial charge in [0.15, 0.2) is 0 Å². The van der Waals surface area contributed by atoms with Gasteiger partial charge < -0.3 is 19.7 Å². The van der Waals surface area contributed by atoms with Gasteiger partial charge in [-0.15, -0.1) is 0 Å². The van der Waals surface area contributed by atoms with E-state index in [1.54, 1.807) is 12.1 Å². The molecule has 1 unspecified atom stereocenters. The summed E-state index contributed by atoms with van der Waals surface area (Å²) in [5.41, 5.74) is 1.40. The van der Waals surface area contributed by atoms with Crippen LogP contribution in [0.4, 0.5) is 0 Å². The quantitative estimate of drug-likeness (QED) is 0.822. The molecular formula is C12H14O5. The first kappa shape index (κ1) is 11.7. The second-order valence-corrected chi connectivity index (χ2v) is 3.88. The summed E-state index contributed by atoms with van der Waals surface area (Å²) < 4.78 is 10.6. The van der Waals surface area contributed by atoms with E-state index in [9.17, 15) is 9.90 Å². The zero-order chi connectivity index (χ0) is 12.4. The van der Waals surface area contributed by atoms with Crippen molar-refractivity contribution in [2.75, 3.05) is 13.7 Å². The van der Waals surface area contributed by atoms with Gasteiger partial charge in [0.1, 0.15) is 11.5 Å². The summed E-state index contributed by atoms with van der Waals surface area (Å²) in [6.07, 6.45) is -0.685. The van der Waals surface area contributed by atoms with Gasteiger partial charge in [-0.3, -0.25) is 4.79 Å². The van der Waals surface area contributed by atoms with Gasteiger partial charge >= 0.3 is 5.97 Å². The molecule has 1 aliphatic heterocycles. The van der Waals surface area contributed by atoms with Crippen LogP contribution in [-0.2, 0) is 11.2 Å². The molecule has 0 saturated carbocycles. The van der Waals surface area contributed by atoms with Gasteiger partial charge in [-0.25, -0.2) is 0 Å². The highest BCUT2D eigenvalue weighted by atomic mass is 16.5. The van der Waals surface area contributed by atoms with Crippen LogP contribution >= 0.6 is 0 Å². The maximum atomic E-state index is 10.6. The lowest BCUT2D eigenvalue weighted by Crippen LogP contribution is -2.07. The molecule has 0 spiro atoms. The number of rotatable bonds is 4. The number of aliphatic hydroxyl groups excluding tert-OH is 1. The number of benzene rings is 1. The molecule has 1 heterocycles. The van der Waals surface area contributed by atoms with Crippen LogP contribution in [0.15, 0.2) is 12.1 Å². The molecule has 92 valence electrons. The number of carbonyl (C=O) groups is 1. The summed E-state index contributed by atoms with van der Waals surface area (Å²) in [5, 5.41) is 18.5. The zero-order valence-electron chi connectivity index (χ0n) is 9.47. The highest BCUT2D eigenvalue weighted by Gasteiger charge is 2.24. The summed E-state index contributed by atoms with van der Waals surface area (Å²) in [4.78, 5) is 10.6. The van der Waals surface area contributed by atoms with Crippen molar-refractivity contribution in [2.24, 2.45) is 0 Å². The van der Waals surface area contributed by atoms with Gasteiger partial charge in [0.25, 0.3) is 0 Å². The fraction of sp³-hybridized carbons (Fsp3) is 0.417. The normalized spacial score (nSPS) is 14.9. The number of aliphatic carboxylic acids is 1. The van der Waals surface area contributed by atoms with Crippen molar-refractivity contribution in [3.63, 3.8) is 0 Å². The van der Waals surface area contributed by atoms with Gasteiger partial charge in [0, 0.05) is 17.5 Å². The Morgan fingerprint density at radius 3 is 3.00 bits per heavy atom. The summed E-state index contributed by atoms with van der Waals surface area (Å²) in [6.45, 7) is 0.587. The lowest BCUT2D eigenvalue weighted by atomic mass is 10.0. The fourth-order valence-corrected chi connectivity index (χ4v) is 2.04. The van der Waals surface area contributed by atoms with Crippen molar-refractivity contribution >= 4 is 5.97 Å². The molecule has 0 aliphatic carbocycles. The second kappa shape index (κ2) is 4.63. The Morgan fingerprint density at radius 1 is 1.59 bits per heavy atom. The first-order chi connectivity index (χ1) is 8.13. The number of methoxy groups -OCH3 is 1. The van der Waals surface area contributed by atoms with Gasteiger partial charge in [-0.2, -0.15) is 0 Å². The predicted octanol–water partition coefficient (Wildman–Crippen LogP) is 1.14. The van der Waals surface area contributed by atoms with Gasteiger partial charge in [0.2, 0.25) is 0 Å². The van der Waals surface area contributed by atoms with Crippen LogP contribution in [0.5, 0.6) is 11.5 Å². The molecule has 2 N–H and O–H groups in total. The smallest absolute Gasteiger partial charge is 0.306 e.